The molecule has 0 aliphatic carbocycles. The summed E-state index contributed by atoms with van der Waals surface area (Å²) in [6.45, 7) is 4.93. The Kier molecular flexibility index (Phi) is 4.30. The van der Waals surface area contributed by atoms with Crippen LogP contribution < -0.4 is 5.32 Å². The van der Waals surface area contributed by atoms with E-state index in [1.54, 1.807) is 0 Å². The van der Waals surface area contributed by atoms with E-state index in [0.29, 0.717) is 17.6 Å². The molecule has 1 aromatic carbocycles. The lowest BCUT2D eigenvalue weighted by molar-refractivity contribution is 0.527. The first-order valence-electron chi connectivity index (χ1n) is 5.79. The van der Waals surface area contributed by atoms with Gasteiger partial charge in [0.25, 0.3) is 0 Å². The number of benzene rings is 1. The number of rotatable bonds is 4. The number of anilines is 1. The van der Waals surface area contributed by atoms with Crippen molar-refractivity contribution in [3.63, 3.8) is 0 Å². The summed E-state index contributed by atoms with van der Waals surface area (Å²) in [7, 11) is 0. The standard InChI is InChI=1S/C13H15BrClN3/c1-9(2)18-6-5-11(17-18)8-16-10-3-4-13(15)12(14)7-10/h3-7,9,16H,8H2,1-2H3. The van der Waals surface area contributed by atoms with Crippen molar-refractivity contribution >= 4 is 33.2 Å². The van der Waals surface area contributed by atoms with Crippen LogP contribution in [0.2, 0.25) is 5.02 Å². The van der Waals surface area contributed by atoms with E-state index >= 15 is 0 Å². The molecule has 0 atom stereocenters. The highest BCUT2D eigenvalue weighted by atomic mass is 79.9. The topological polar surface area (TPSA) is 29.9 Å². The summed E-state index contributed by atoms with van der Waals surface area (Å²) in [5.74, 6) is 0. The highest BCUT2D eigenvalue weighted by Crippen LogP contribution is 2.25. The van der Waals surface area contributed by atoms with Crippen LogP contribution >= 0.6 is 27.5 Å². The number of halogens is 2. The van der Waals surface area contributed by atoms with Gasteiger partial charge in [-0.15, -0.1) is 0 Å². The highest BCUT2D eigenvalue weighted by molar-refractivity contribution is 9.10. The van der Waals surface area contributed by atoms with Crippen molar-refractivity contribution in [1.82, 2.24) is 9.78 Å². The second-order valence-corrected chi connectivity index (χ2v) is 5.62. The summed E-state index contributed by atoms with van der Waals surface area (Å²) in [5.41, 5.74) is 2.04. The Balaban J connectivity index is 2.00. The Bertz CT molecular complexity index is 537. The maximum Gasteiger partial charge on any atom is 0.0815 e. The Hall–Kier alpha value is -1.00. The first kappa shape index (κ1) is 13.4. The van der Waals surface area contributed by atoms with E-state index in [1.807, 2.05) is 35.1 Å². The largest absolute Gasteiger partial charge is 0.379 e. The van der Waals surface area contributed by atoms with Crippen molar-refractivity contribution in [2.45, 2.75) is 26.4 Å². The Morgan fingerprint density at radius 1 is 1.39 bits per heavy atom. The van der Waals surface area contributed by atoms with E-state index in [-0.39, 0.29) is 0 Å². The van der Waals surface area contributed by atoms with Crippen LogP contribution in [0, 0.1) is 0 Å². The van der Waals surface area contributed by atoms with Crippen LogP contribution in [-0.2, 0) is 6.54 Å². The number of aromatic nitrogens is 2. The van der Waals surface area contributed by atoms with Gasteiger partial charge in [0.1, 0.15) is 0 Å². The molecule has 1 heterocycles. The molecule has 0 fully saturated rings. The van der Waals surface area contributed by atoms with Crippen LogP contribution in [-0.4, -0.2) is 9.78 Å². The van der Waals surface area contributed by atoms with E-state index in [2.05, 4.69) is 40.2 Å². The molecule has 18 heavy (non-hydrogen) atoms. The molecule has 0 saturated carbocycles. The Labute approximate surface area is 120 Å². The summed E-state index contributed by atoms with van der Waals surface area (Å²) in [6, 6.07) is 8.19. The van der Waals surface area contributed by atoms with E-state index in [0.717, 1.165) is 15.9 Å². The summed E-state index contributed by atoms with van der Waals surface area (Å²) in [5, 5.41) is 8.51. The third-order valence-corrected chi connectivity index (χ3v) is 3.80. The molecule has 0 aliphatic rings. The molecule has 0 spiro atoms. The van der Waals surface area contributed by atoms with Crippen LogP contribution in [0.4, 0.5) is 5.69 Å². The number of hydrogen-bond donors (Lipinski definition) is 1. The van der Waals surface area contributed by atoms with Crippen molar-refractivity contribution in [2.75, 3.05) is 5.32 Å². The van der Waals surface area contributed by atoms with Crippen molar-refractivity contribution < 1.29 is 0 Å². The van der Waals surface area contributed by atoms with Crippen LogP contribution in [0.15, 0.2) is 34.9 Å². The van der Waals surface area contributed by atoms with Crippen molar-refractivity contribution in [1.29, 1.82) is 0 Å². The summed E-state index contributed by atoms with van der Waals surface area (Å²) < 4.78 is 2.84. The zero-order valence-corrected chi connectivity index (χ0v) is 12.7. The molecule has 2 rings (SSSR count). The lowest BCUT2D eigenvalue weighted by Crippen LogP contribution is -2.04. The predicted molar refractivity (Wildman–Crippen MR) is 79.1 cm³/mol. The first-order valence-corrected chi connectivity index (χ1v) is 6.96. The lowest BCUT2D eigenvalue weighted by Gasteiger charge is -2.06. The Morgan fingerprint density at radius 3 is 2.78 bits per heavy atom. The maximum atomic E-state index is 5.95. The van der Waals surface area contributed by atoms with E-state index in [1.165, 1.54) is 0 Å². The number of hydrogen-bond acceptors (Lipinski definition) is 2. The van der Waals surface area contributed by atoms with Gasteiger partial charge in [0.15, 0.2) is 0 Å². The van der Waals surface area contributed by atoms with Crippen molar-refractivity contribution in [3.8, 4) is 0 Å². The molecule has 3 nitrogen and oxygen atoms in total. The zero-order chi connectivity index (χ0) is 13.1. The van der Waals surface area contributed by atoms with Crippen LogP contribution in [0.25, 0.3) is 0 Å². The number of nitrogens with one attached hydrogen (secondary N) is 1. The molecule has 0 amide bonds. The van der Waals surface area contributed by atoms with Gasteiger partial charge in [-0.05, 0) is 54.0 Å². The maximum absolute atomic E-state index is 5.95. The predicted octanol–water partition coefficient (Wildman–Crippen LogP) is 4.49. The minimum atomic E-state index is 0.392. The van der Waals surface area contributed by atoms with Gasteiger partial charge in [-0.2, -0.15) is 5.10 Å². The molecule has 0 saturated heterocycles. The summed E-state index contributed by atoms with van der Waals surface area (Å²) >= 11 is 9.35. The van der Waals surface area contributed by atoms with E-state index < -0.39 is 0 Å². The molecule has 1 N–H and O–H groups in total. The van der Waals surface area contributed by atoms with Gasteiger partial charge in [-0.1, -0.05) is 11.6 Å². The fourth-order valence-electron chi connectivity index (χ4n) is 1.56. The summed E-state index contributed by atoms with van der Waals surface area (Å²) in [6.07, 6.45) is 2.00. The average molecular weight is 329 g/mol. The van der Waals surface area contributed by atoms with Crippen LogP contribution in [0.5, 0.6) is 0 Å². The second-order valence-electron chi connectivity index (χ2n) is 4.36. The zero-order valence-electron chi connectivity index (χ0n) is 10.3. The second kappa shape index (κ2) is 5.76. The van der Waals surface area contributed by atoms with E-state index in [4.69, 9.17) is 11.6 Å². The van der Waals surface area contributed by atoms with Gasteiger partial charge in [0, 0.05) is 22.4 Å². The highest BCUT2D eigenvalue weighted by Gasteiger charge is 2.03. The quantitative estimate of drug-likeness (QED) is 0.896. The average Bonchev–Trinajstić information content (AvgIpc) is 2.79. The molecule has 0 unspecified atom stereocenters. The van der Waals surface area contributed by atoms with Crippen molar-refractivity contribution in [3.05, 3.63) is 45.7 Å². The third kappa shape index (κ3) is 3.27. The molecule has 0 radical (unpaired) electrons. The molecular weight excluding hydrogens is 314 g/mol. The molecule has 0 bridgehead atoms. The van der Waals surface area contributed by atoms with Gasteiger partial charge in [0.05, 0.1) is 17.3 Å². The van der Waals surface area contributed by atoms with Crippen LogP contribution in [0.3, 0.4) is 0 Å². The number of nitrogens with zero attached hydrogens (tertiary/aromatic N) is 2. The van der Waals surface area contributed by atoms with Gasteiger partial charge in [-0.3, -0.25) is 4.68 Å². The van der Waals surface area contributed by atoms with Gasteiger partial charge < -0.3 is 5.32 Å². The normalized spacial score (nSPS) is 10.9. The smallest absolute Gasteiger partial charge is 0.0815 e. The third-order valence-electron chi connectivity index (χ3n) is 2.59. The van der Waals surface area contributed by atoms with Gasteiger partial charge in [0.2, 0.25) is 0 Å². The molecule has 2 aromatic rings. The molecular formula is C13H15BrClN3. The SMILES string of the molecule is CC(C)n1ccc(CNc2ccc(Cl)c(Br)c2)n1. The molecule has 5 heteroatoms. The van der Waals surface area contributed by atoms with Crippen molar-refractivity contribution in [2.24, 2.45) is 0 Å². The van der Waals surface area contributed by atoms with Gasteiger partial charge >= 0.3 is 0 Å². The Morgan fingerprint density at radius 2 is 2.17 bits per heavy atom. The molecule has 1 aromatic heterocycles. The monoisotopic (exact) mass is 327 g/mol. The van der Waals surface area contributed by atoms with Crippen LogP contribution in [0.1, 0.15) is 25.6 Å². The summed E-state index contributed by atoms with van der Waals surface area (Å²) in [4.78, 5) is 0. The fourth-order valence-corrected chi connectivity index (χ4v) is 2.05. The fraction of sp³-hybridized carbons (Fsp3) is 0.308. The van der Waals surface area contributed by atoms with Gasteiger partial charge in [-0.25, -0.2) is 0 Å². The molecule has 0 aliphatic heterocycles. The molecule has 96 valence electrons. The minimum Gasteiger partial charge on any atom is -0.379 e. The van der Waals surface area contributed by atoms with E-state index in [9.17, 15) is 0 Å². The first-order chi connectivity index (χ1) is 8.56. The lowest BCUT2D eigenvalue weighted by atomic mass is 10.3. The minimum absolute atomic E-state index is 0.392.